The van der Waals surface area contributed by atoms with E-state index >= 15 is 0 Å². The number of hydrogen-bond acceptors (Lipinski definition) is 5. The Morgan fingerprint density at radius 2 is 1.93 bits per heavy atom. The summed E-state index contributed by atoms with van der Waals surface area (Å²) in [6, 6.07) is 13.0. The van der Waals surface area contributed by atoms with Gasteiger partial charge in [0.25, 0.3) is 11.6 Å². The molecule has 1 heterocycles. The van der Waals surface area contributed by atoms with Crippen molar-refractivity contribution >= 4 is 11.6 Å². The molecule has 0 aliphatic rings. The van der Waals surface area contributed by atoms with E-state index in [1.807, 2.05) is 0 Å². The van der Waals surface area contributed by atoms with E-state index in [1.165, 1.54) is 31.4 Å². The van der Waals surface area contributed by atoms with Crippen molar-refractivity contribution in [2.24, 2.45) is 0 Å². The first-order valence-corrected chi connectivity index (χ1v) is 7.93. The van der Waals surface area contributed by atoms with Crippen LogP contribution in [0, 0.1) is 15.9 Å². The van der Waals surface area contributed by atoms with Gasteiger partial charge in [-0.3, -0.25) is 14.9 Å². The molecule has 0 fully saturated rings. The molecule has 0 aliphatic heterocycles. The molecular weight excluding hydrogens is 355 g/mol. The minimum atomic E-state index is -0.586. The predicted octanol–water partition coefficient (Wildman–Crippen LogP) is 3.93. The van der Waals surface area contributed by atoms with Crippen molar-refractivity contribution in [1.82, 2.24) is 5.32 Å². The third-order valence-corrected chi connectivity index (χ3v) is 3.85. The van der Waals surface area contributed by atoms with Gasteiger partial charge in [0, 0.05) is 17.7 Å². The third-order valence-electron chi connectivity index (χ3n) is 3.85. The molecule has 2 aromatic carbocycles. The Morgan fingerprint density at radius 3 is 2.59 bits per heavy atom. The van der Waals surface area contributed by atoms with Gasteiger partial charge in [-0.05, 0) is 42.5 Å². The normalized spacial score (nSPS) is 10.4. The Balaban J connectivity index is 1.72. The molecule has 0 unspecified atom stereocenters. The summed E-state index contributed by atoms with van der Waals surface area (Å²) in [4.78, 5) is 22.7. The molecule has 1 amide bonds. The highest BCUT2D eigenvalue weighted by Crippen LogP contribution is 2.25. The van der Waals surface area contributed by atoms with Crippen LogP contribution in [0.2, 0.25) is 0 Å². The van der Waals surface area contributed by atoms with E-state index < -0.39 is 10.8 Å². The van der Waals surface area contributed by atoms with Crippen LogP contribution in [0.1, 0.15) is 16.1 Å². The molecule has 0 bridgehead atoms. The van der Waals surface area contributed by atoms with Gasteiger partial charge in [0.1, 0.15) is 23.1 Å². The number of halogens is 1. The number of hydrogen-bond donors (Lipinski definition) is 1. The number of methoxy groups -OCH3 is 1. The Labute approximate surface area is 153 Å². The molecule has 27 heavy (non-hydrogen) atoms. The molecule has 1 N–H and O–H groups in total. The van der Waals surface area contributed by atoms with Gasteiger partial charge in [0.05, 0.1) is 24.1 Å². The first-order chi connectivity index (χ1) is 13.0. The van der Waals surface area contributed by atoms with Gasteiger partial charge in [-0.2, -0.15) is 0 Å². The SMILES string of the molecule is COc1ccc([N+](=O)[O-])cc1C(=O)NCc1ccc(-c2ccc(F)cc2)o1. The molecule has 0 saturated heterocycles. The van der Waals surface area contributed by atoms with Gasteiger partial charge in [0.15, 0.2) is 0 Å². The summed E-state index contributed by atoms with van der Waals surface area (Å²) in [6.07, 6.45) is 0. The van der Waals surface area contributed by atoms with Crippen molar-refractivity contribution in [3.63, 3.8) is 0 Å². The highest BCUT2D eigenvalue weighted by Gasteiger charge is 2.17. The van der Waals surface area contributed by atoms with E-state index in [9.17, 15) is 19.3 Å². The molecule has 3 aromatic rings. The van der Waals surface area contributed by atoms with Gasteiger partial charge in [-0.15, -0.1) is 0 Å². The second-order valence-corrected chi connectivity index (χ2v) is 5.60. The van der Waals surface area contributed by atoms with Crippen LogP contribution in [0.3, 0.4) is 0 Å². The molecule has 0 radical (unpaired) electrons. The van der Waals surface area contributed by atoms with Crippen molar-refractivity contribution in [1.29, 1.82) is 0 Å². The standard InChI is InChI=1S/C19H15FN2O5/c1-26-18-8-6-14(22(24)25)10-16(18)19(23)21-11-15-7-9-17(27-15)12-2-4-13(20)5-3-12/h2-10H,11H2,1H3,(H,21,23). The van der Waals surface area contributed by atoms with Crippen LogP contribution in [0.15, 0.2) is 59.0 Å². The number of carbonyl (C=O) groups excluding carboxylic acids is 1. The summed E-state index contributed by atoms with van der Waals surface area (Å²) < 4.78 is 23.7. The molecule has 138 valence electrons. The third kappa shape index (κ3) is 4.12. The Morgan fingerprint density at radius 1 is 1.19 bits per heavy atom. The predicted molar refractivity (Wildman–Crippen MR) is 94.9 cm³/mol. The number of nitrogens with one attached hydrogen (secondary N) is 1. The molecule has 8 heteroatoms. The molecule has 1 aromatic heterocycles. The van der Waals surface area contributed by atoms with E-state index in [0.717, 1.165) is 6.07 Å². The number of benzene rings is 2. The first-order valence-electron chi connectivity index (χ1n) is 7.93. The Kier molecular flexibility index (Phi) is 5.16. The van der Waals surface area contributed by atoms with Gasteiger partial charge in [-0.25, -0.2) is 4.39 Å². The number of nitro benzene ring substituents is 1. The zero-order valence-electron chi connectivity index (χ0n) is 14.3. The first kappa shape index (κ1) is 18.1. The number of ether oxygens (including phenoxy) is 1. The summed E-state index contributed by atoms with van der Waals surface area (Å²) in [5, 5.41) is 13.5. The van der Waals surface area contributed by atoms with Gasteiger partial charge < -0.3 is 14.5 Å². The zero-order chi connectivity index (χ0) is 19.4. The highest BCUT2D eigenvalue weighted by molar-refractivity contribution is 5.97. The number of amides is 1. The summed E-state index contributed by atoms with van der Waals surface area (Å²) in [6.45, 7) is 0.0753. The maximum atomic E-state index is 13.0. The van der Waals surface area contributed by atoms with Gasteiger partial charge in [0.2, 0.25) is 0 Å². The van der Waals surface area contributed by atoms with Crippen LogP contribution >= 0.6 is 0 Å². The average Bonchev–Trinajstić information content (AvgIpc) is 3.15. The fourth-order valence-corrected chi connectivity index (χ4v) is 2.49. The van der Waals surface area contributed by atoms with E-state index in [4.69, 9.17) is 9.15 Å². The molecule has 0 aliphatic carbocycles. The maximum absolute atomic E-state index is 13.0. The van der Waals surface area contributed by atoms with Crippen LogP contribution in [0.4, 0.5) is 10.1 Å². The van der Waals surface area contributed by atoms with Crippen LogP contribution < -0.4 is 10.1 Å². The average molecular weight is 370 g/mol. The fraction of sp³-hybridized carbons (Fsp3) is 0.105. The van der Waals surface area contributed by atoms with Gasteiger partial charge >= 0.3 is 0 Å². The quantitative estimate of drug-likeness (QED) is 0.524. The summed E-state index contributed by atoms with van der Waals surface area (Å²) in [5.41, 5.74) is 0.545. The summed E-state index contributed by atoms with van der Waals surface area (Å²) in [7, 11) is 1.37. The van der Waals surface area contributed by atoms with Crippen molar-refractivity contribution in [2.45, 2.75) is 6.54 Å². The number of non-ortho nitro benzene ring substituents is 1. The van der Waals surface area contributed by atoms with Crippen LogP contribution in [-0.4, -0.2) is 17.9 Å². The molecule has 7 nitrogen and oxygen atoms in total. The van der Waals surface area contributed by atoms with E-state index in [-0.39, 0.29) is 29.4 Å². The van der Waals surface area contributed by atoms with Crippen molar-refractivity contribution in [3.05, 3.63) is 81.9 Å². The lowest BCUT2D eigenvalue weighted by Gasteiger charge is -2.08. The lowest BCUT2D eigenvalue weighted by Crippen LogP contribution is -2.23. The van der Waals surface area contributed by atoms with Crippen molar-refractivity contribution in [2.75, 3.05) is 7.11 Å². The lowest BCUT2D eigenvalue weighted by atomic mass is 10.1. The molecule has 0 saturated carbocycles. The molecule has 0 spiro atoms. The van der Waals surface area contributed by atoms with E-state index in [2.05, 4.69) is 5.32 Å². The molecule has 0 atom stereocenters. The number of rotatable bonds is 6. The minimum Gasteiger partial charge on any atom is -0.496 e. The number of nitrogens with zero attached hydrogens (tertiary/aromatic N) is 1. The summed E-state index contributed by atoms with van der Waals surface area (Å²) >= 11 is 0. The largest absolute Gasteiger partial charge is 0.496 e. The van der Waals surface area contributed by atoms with Gasteiger partial charge in [-0.1, -0.05) is 0 Å². The zero-order valence-corrected chi connectivity index (χ0v) is 14.3. The van der Waals surface area contributed by atoms with E-state index in [0.29, 0.717) is 17.1 Å². The molecular formula is C19H15FN2O5. The minimum absolute atomic E-state index is 0.0528. The lowest BCUT2D eigenvalue weighted by molar-refractivity contribution is -0.384. The second kappa shape index (κ2) is 7.69. The Hall–Kier alpha value is -3.68. The monoisotopic (exact) mass is 370 g/mol. The summed E-state index contributed by atoms with van der Waals surface area (Å²) in [5.74, 6) is 0.364. The molecule has 3 rings (SSSR count). The van der Waals surface area contributed by atoms with Crippen LogP contribution in [-0.2, 0) is 6.54 Å². The van der Waals surface area contributed by atoms with Crippen LogP contribution in [0.5, 0.6) is 5.75 Å². The topological polar surface area (TPSA) is 94.6 Å². The number of nitro groups is 1. The van der Waals surface area contributed by atoms with Crippen molar-refractivity contribution in [3.8, 4) is 17.1 Å². The number of furan rings is 1. The second-order valence-electron chi connectivity index (χ2n) is 5.60. The maximum Gasteiger partial charge on any atom is 0.270 e. The smallest absolute Gasteiger partial charge is 0.270 e. The van der Waals surface area contributed by atoms with Crippen molar-refractivity contribution < 1.29 is 23.3 Å². The fourth-order valence-electron chi connectivity index (χ4n) is 2.49. The highest BCUT2D eigenvalue weighted by atomic mass is 19.1. The Bertz CT molecular complexity index is 982. The number of carbonyl (C=O) groups is 1. The van der Waals surface area contributed by atoms with E-state index in [1.54, 1.807) is 24.3 Å². The van der Waals surface area contributed by atoms with Crippen LogP contribution in [0.25, 0.3) is 11.3 Å².